The van der Waals surface area contributed by atoms with E-state index in [1.807, 2.05) is 31.2 Å². The van der Waals surface area contributed by atoms with Crippen molar-refractivity contribution in [3.8, 4) is 0 Å². The predicted octanol–water partition coefficient (Wildman–Crippen LogP) is 3.11. The number of benzene rings is 1. The van der Waals surface area contributed by atoms with Crippen LogP contribution in [0.15, 0.2) is 24.3 Å². The highest BCUT2D eigenvalue weighted by atomic mass is 35.5. The SMILES string of the molecule is Cc1ccc(C(N)C(=O)NCC2(C)CCCC2)cc1.Cl. The Morgan fingerprint density at radius 3 is 2.40 bits per heavy atom. The molecule has 0 aliphatic heterocycles. The minimum absolute atomic E-state index is 0. The maximum absolute atomic E-state index is 12.1. The van der Waals surface area contributed by atoms with Gasteiger partial charge in [-0.1, -0.05) is 49.6 Å². The second-order valence-corrected chi connectivity index (χ2v) is 6.12. The number of amides is 1. The molecule has 20 heavy (non-hydrogen) atoms. The van der Waals surface area contributed by atoms with Crippen LogP contribution in [0.3, 0.4) is 0 Å². The number of aryl methyl sites for hydroxylation is 1. The molecule has 1 saturated carbocycles. The number of rotatable bonds is 4. The van der Waals surface area contributed by atoms with Crippen LogP contribution in [0.5, 0.6) is 0 Å². The van der Waals surface area contributed by atoms with E-state index in [0.717, 1.165) is 12.1 Å². The van der Waals surface area contributed by atoms with Gasteiger partial charge in [-0.2, -0.15) is 0 Å². The van der Waals surface area contributed by atoms with E-state index in [2.05, 4.69) is 12.2 Å². The Labute approximate surface area is 127 Å². The topological polar surface area (TPSA) is 55.1 Å². The first-order chi connectivity index (χ1) is 9.00. The summed E-state index contributed by atoms with van der Waals surface area (Å²) in [4.78, 5) is 12.1. The number of carbonyl (C=O) groups excluding carboxylic acids is 1. The van der Waals surface area contributed by atoms with Crippen LogP contribution in [0, 0.1) is 12.3 Å². The van der Waals surface area contributed by atoms with E-state index in [-0.39, 0.29) is 23.7 Å². The van der Waals surface area contributed by atoms with E-state index in [0.29, 0.717) is 0 Å². The first-order valence-corrected chi connectivity index (χ1v) is 7.10. The first-order valence-electron chi connectivity index (χ1n) is 7.10. The molecule has 0 aromatic heterocycles. The molecule has 1 aromatic carbocycles. The molecule has 0 heterocycles. The van der Waals surface area contributed by atoms with Crippen molar-refractivity contribution in [1.29, 1.82) is 0 Å². The van der Waals surface area contributed by atoms with Gasteiger partial charge in [-0.15, -0.1) is 12.4 Å². The fraction of sp³-hybridized carbons (Fsp3) is 0.562. The molecule has 4 heteroatoms. The number of hydrogen-bond donors (Lipinski definition) is 2. The second kappa shape index (κ2) is 7.09. The van der Waals surface area contributed by atoms with Crippen molar-refractivity contribution in [2.24, 2.45) is 11.1 Å². The van der Waals surface area contributed by atoms with E-state index in [1.165, 1.54) is 31.2 Å². The third-order valence-electron chi connectivity index (χ3n) is 4.22. The van der Waals surface area contributed by atoms with E-state index < -0.39 is 6.04 Å². The molecule has 2 rings (SSSR count). The Bertz CT molecular complexity index is 438. The third kappa shape index (κ3) is 4.22. The zero-order valence-corrected chi connectivity index (χ0v) is 13.1. The predicted molar refractivity (Wildman–Crippen MR) is 84.9 cm³/mol. The number of nitrogens with one attached hydrogen (secondary N) is 1. The molecule has 1 atom stereocenters. The standard InChI is InChI=1S/C16H24N2O.ClH/c1-12-5-7-13(8-6-12)14(17)15(19)18-11-16(2)9-3-4-10-16;/h5-8,14H,3-4,9-11,17H2,1-2H3,(H,18,19);1H. The van der Waals surface area contributed by atoms with Gasteiger partial charge in [0.25, 0.3) is 0 Å². The summed E-state index contributed by atoms with van der Waals surface area (Å²) in [5, 5.41) is 3.01. The van der Waals surface area contributed by atoms with Crippen molar-refractivity contribution >= 4 is 18.3 Å². The molecule has 1 aliphatic rings. The first kappa shape index (κ1) is 17.0. The van der Waals surface area contributed by atoms with E-state index in [4.69, 9.17) is 5.73 Å². The Kier molecular flexibility index (Phi) is 6.03. The van der Waals surface area contributed by atoms with Gasteiger partial charge in [0.05, 0.1) is 0 Å². The maximum Gasteiger partial charge on any atom is 0.241 e. The van der Waals surface area contributed by atoms with Crippen LogP contribution < -0.4 is 11.1 Å². The van der Waals surface area contributed by atoms with E-state index in [1.54, 1.807) is 0 Å². The number of hydrogen-bond acceptors (Lipinski definition) is 2. The highest BCUT2D eigenvalue weighted by Gasteiger charge is 2.29. The van der Waals surface area contributed by atoms with Gasteiger partial charge < -0.3 is 11.1 Å². The van der Waals surface area contributed by atoms with Crippen molar-refractivity contribution in [3.05, 3.63) is 35.4 Å². The van der Waals surface area contributed by atoms with E-state index in [9.17, 15) is 4.79 Å². The fourth-order valence-electron chi connectivity index (χ4n) is 2.74. The minimum Gasteiger partial charge on any atom is -0.354 e. The molecule has 1 unspecified atom stereocenters. The highest BCUT2D eigenvalue weighted by Crippen LogP contribution is 2.36. The molecule has 0 radical (unpaired) electrons. The van der Waals surface area contributed by atoms with Crippen LogP contribution in [0.1, 0.15) is 49.8 Å². The van der Waals surface area contributed by atoms with Crippen LogP contribution >= 0.6 is 12.4 Å². The summed E-state index contributed by atoms with van der Waals surface area (Å²) < 4.78 is 0. The lowest BCUT2D eigenvalue weighted by Crippen LogP contribution is -2.39. The van der Waals surface area contributed by atoms with Gasteiger partial charge in [0.2, 0.25) is 5.91 Å². The van der Waals surface area contributed by atoms with Gasteiger partial charge >= 0.3 is 0 Å². The molecule has 3 N–H and O–H groups in total. The average Bonchev–Trinajstić information content (AvgIpc) is 2.83. The lowest BCUT2D eigenvalue weighted by Gasteiger charge is -2.24. The van der Waals surface area contributed by atoms with Crippen LogP contribution in [-0.2, 0) is 4.79 Å². The minimum atomic E-state index is -0.564. The second-order valence-electron chi connectivity index (χ2n) is 6.12. The summed E-state index contributed by atoms with van der Waals surface area (Å²) in [5.74, 6) is -0.0722. The molecular weight excluding hydrogens is 272 g/mol. The molecule has 0 bridgehead atoms. The van der Waals surface area contributed by atoms with Crippen LogP contribution in [0.2, 0.25) is 0 Å². The van der Waals surface area contributed by atoms with Gasteiger partial charge in [-0.3, -0.25) is 4.79 Å². The van der Waals surface area contributed by atoms with Crippen molar-refractivity contribution < 1.29 is 4.79 Å². The largest absolute Gasteiger partial charge is 0.354 e. The van der Waals surface area contributed by atoms with Crippen LogP contribution in [0.4, 0.5) is 0 Å². The zero-order chi connectivity index (χ0) is 13.9. The summed E-state index contributed by atoms with van der Waals surface area (Å²) in [6.07, 6.45) is 4.95. The molecule has 0 spiro atoms. The zero-order valence-electron chi connectivity index (χ0n) is 12.3. The molecule has 1 fully saturated rings. The molecule has 1 aromatic rings. The number of nitrogens with two attached hydrogens (primary N) is 1. The van der Waals surface area contributed by atoms with Crippen LogP contribution in [-0.4, -0.2) is 12.5 Å². The van der Waals surface area contributed by atoms with Gasteiger partial charge in [0.15, 0.2) is 0 Å². The number of carbonyl (C=O) groups is 1. The smallest absolute Gasteiger partial charge is 0.241 e. The van der Waals surface area contributed by atoms with Gasteiger partial charge in [0, 0.05) is 6.54 Å². The Balaban J connectivity index is 0.00000200. The molecule has 112 valence electrons. The summed E-state index contributed by atoms with van der Waals surface area (Å²) in [6.45, 7) is 5.01. The van der Waals surface area contributed by atoms with Crippen molar-refractivity contribution in [1.82, 2.24) is 5.32 Å². The Hall–Kier alpha value is -1.06. The Morgan fingerprint density at radius 1 is 1.30 bits per heavy atom. The highest BCUT2D eigenvalue weighted by molar-refractivity contribution is 5.85. The summed E-state index contributed by atoms with van der Waals surface area (Å²) in [6, 6.07) is 7.26. The quantitative estimate of drug-likeness (QED) is 0.897. The van der Waals surface area contributed by atoms with Gasteiger partial charge in [-0.25, -0.2) is 0 Å². The van der Waals surface area contributed by atoms with Crippen LogP contribution in [0.25, 0.3) is 0 Å². The third-order valence-corrected chi connectivity index (χ3v) is 4.22. The average molecular weight is 297 g/mol. The monoisotopic (exact) mass is 296 g/mol. The molecule has 3 nitrogen and oxygen atoms in total. The lowest BCUT2D eigenvalue weighted by atomic mass is 9.89. The normalized spacial score (nSPS) is 18.1. The fourth-order valence-corrected chi connectivity index (χ4v) is 2.74. The van der Waals surface area contributed by atoms with E-state index >= 15 is 0 Å². The van der Waals surface area contributed by atoms with Crippen molar-refractivity contribution in [2.75, 3.05) is 6.54 Å². The summed E-state index contributed by atoms with van der Waals surface area (Å²) in [7, 11) is 0. The maximum atomic E-state index is 12.1. The van der Waals surface area contributed by atoms with Crippen molar-refractivity contribution in [2.45, 2.75) is 45.6 Å². The molecular formula is C16H25ClN2O. The lowest BCUT2D eigenvalue weighted by molar-refractivity contribution is -0.122. The molecule has 0 saturated heterocycles. The Morgan fingerprint density at radius 2 is 1.85 bits per heavy atom. The summed E-state index contributed by atoms with van der Waals surface area (Å²) >= 11 is 0. The number of halogens is 1. The molecule has 1 aliphatic carbocycles. The summed E-state index contributed by atoms with van der Waals surface area (Å²) in [5.41, 5.74) is 8.32. The molecule has 1 amide bonds. The van der Waals surface area contributed by atoms with Gasteiger partial charge in [0.1, 0.15) is 6.04 Å². The van der Waals surface area contributed by atoms with Crippen molar-refractivity contribution in [3.63, 3.8) is 0 Å². The van der Waals surface area contributed by atoms with Gasteiger partial charge in [-0.05, 0) is 30.7 Å².